The van der Waals surface area contributed by atoms with E-state index < -0.39 is 36.1 Å². The lowest BCUT2D eigenvalue weighted by Gasteiger charge is -2.30. The maximum atomic E-state index is 13.3. The molecular formula is C21H25FN4O7S3. The van der Waals surface area contributed by atoms with Gasteiger partial charge in [-0.3, -0.25) is 10.1 Å². The highest BCUT2D eigenvalue weighted by atomic mass is 32.2. The van der Waals surface area contributed by atoms with E-state index in [0.717, 1.165) is 12.5 Å². The largest absolute Gasteiger partial charge is 0.389 e. The van der Waals surface area contributed by atoms with Gasteiger partial charge in [0.1, 0.15) is 9.84 Å². The highest BCUT2D eigenvalue weighted by Gasteiger charge is 2.33. The van der Waals surface area contributed by atoms with E-state index in [1.54, 1.807) is 0 Å². The van der Waals surface area contributed by atoms with Crippen molar-refractivity contribution in [2.24, 2.45) is 5.16 Å². The third-order valence-electron chi connectivity index (χ3n) is 5.87. The van der Waals surface area contributed by atoms with Gasteiger partial charge < -0.3 is 9.57 Å². The first-order valence-electron chi connectivity index (χ1n) is 11.1. The fourth-order valence-corrected chi connectivity index (χ4v) is 6.93. The monoisotopic (exact) mass is 560 g/mol. The number of aromatic nitrogens is 1. The number of hydrogen-bond acceptors (Lipinski definition) is 10. The van der Waals surface area contributed by atoms with Crippen molar-refractivity contribution >= 4 is 47.9 Å². The van der Waals surface area contributed by atoms with Gasteiger partial charge in [0, 0.05) is 31.3 Å². The SMILES string of the molecule is CS(=O)(=O)C1CCN(S(=O)(=O)c2ccc(C(=NO[C@@H]3CCOC3)C(=O)Nc3ncc(F)s3)cc2)CC1. The van der Waals surface area contributed by atoms with Crippen LogP contribution >= 0.6 is 11.3 Å². The van der Waals surface area contributed by atoms with Crippen molar-refractivity contribution in [3.63, 3.8) is 0 Å². The Kier molecular flexibility index (Phi) is 8.04. The first-order chi connectivity index (χ1) is 17.0. The van der Waals surface area contributed by atoms with E-state index >= 15 is 0 Å². The molecule has 2 aliphatic rings. The number of carbonyl (C=O) groups excluding carboxylic acids is 1. The minimum atomic E-state index is -3.86. The van der Waals surface area contributed by atoms with Crippen LogP contribution in [0.4, 0.5) is 9.52 Å². The predicted octanol–water partition coefficient (Wildman–Crippen LogP) is 1.63. The van der Waals surface area contributed by atoms with E-state index in [0.29, 0.717) is 31.0 Å². The standard InChI is InChI=1S/C21H25FN4O7S3/c1-35(28,29)16-6-9-26(10-7-16)36(30,31)17-4-2-14(3-5-17)19(25-33-15-8-11-32-13-15)20(27)24-21-23-12-18(22)34-21/h2-5,12,15-16H,6-11,13H2,1H3,(H,23,24,27)/t15-/m1/s1. The molecule has 1 atom stereocenters. The van der Waals surface area contributed by atoms with Gasteiger partial charge in [-0.25, -0.2) is 21.8 Å². The van der Waals surface area contributed by atoms with E-state index in [4.69, 9.17) is 9.57 Å². The Morgan fingerprint density at radius 2 is 1.89 bits per heavy atom. The summed E-state index contributed by atoms with van der Waals surface area (Å²) in [5.41, 5.74) is 0.133. The molecule has 3 heterocycles. The topological polar surface area (TPSA) is 144 Å². The van der Waals surface area contributed by atoms with E-state index in [1.165, 1.54) is 28.6 Å². The molecular weight excluding hydrogens is 535 g/mol. The first kappa shape index (κ1) is 26.6. The summed E-state index contributed by atoms with van der Waals surface area (Å²) in [7, 11) is -7.10. The third-order valence-corrected chi connectivity index (χ3v) is 10.2. The Morgan fingerprint density at radius 3 is 2.44 bits per heavy atom. The van der Waals surface area contributed by atoms with Gasteiger partial charge >= 0.3 is 0 Å². The zero-order chi connectivity index (χ0) is 25.9. The van der Waals surface area contributed by atoms with Crippen molar-refractivity contribution in [3.8, 4) is 0 Å². The number of amides is 1. The molecule has 0 spiro atoms. The van der Waals surface area contributed by atoms with Crippen LogP contribution in [0.2, 0.25) is 0 Å². The Morgan fingerprint density at radius 1 is 1.19 bits per heavy atom. The van der Waals surface area contributed by atoms with Crippen LogP contribution in [0.25, 0.3) is 0 Å². The Hall–Kier alpha value is -2.46. The summed E-state index contributed by atoms with van der Waals surface area (Å²) in [6, 6.07) is 5.53. The average molecular weight is 561 g/mol. The number of carbonyl (C=O) groups is 1. The Balaban J connectivity index is 1.53. The molecule has 2 aliphatic heterocycles. The third kappa shape index (κ3) is 6.26. The fourth-order valence-electron chi connectivity index (χ4n) is 3.85. The van der Waals surface area contributed by atoms with Crippen LogP contribution in [0.1, 0.15) is 24.8 Å². The predicted molar refractivity (Wildman–Crippen MR) is 131 cm³/mol. The summed E-state index contributed by atoms with van der Waals surface area (Å²) in [4.78, 5) is 22.1. The summed E-state index contributed by atoms with van der Waals surface area (Å²) in [6.45, 7) is 1.02. The van der Waals surface area contributed by atoms with Gasteiger partial charge in [-0.1, -0.05) is 28.6 Å². The number of sulfonamides is 1. The molecule has 11 nitrogen and oxygen atoms in total. The van der Waals surface area contributed by atoms with E-state index in [-0.39, 0.29) is 53.3 Å². The van der Waals surface area contributed by atoms with Crippen LogP contribution < -0.4 is 5.32 Å². The second kappa shape index (κ2) is 10.9. The van der Waals surface area contributed by atoms with Crippen molar-refractivity contribution in [2.75, 3.05) is 37.9 Å². The average Bonchev–Trinajstić information content (AvgIpc) is 3.51. The van der Waals surface area contributed by atoms with Crippen molar-refractivity contribution in [3.05, 3.63) is 41.2 Å². The summed E-state index contributed by atoms with van der Waals surface area (Å²) in [5.74, 6) is -0.707. The van der Waals surface area contributed by atoms with Crippen molar-refractivity contribution in [1.29, 1.82) is 0 Å². The molecule has 0 bridgehead atoms. The molecule has 1 aromatic heterocycles. The molecule has 2 saturated heterocycles. The maximum absolute atomic E-state index is 13.3. The molecule has 0 saturated carbocycles. The summed E-state index contributed by atoms with van der Waals surface area (Å²) in [6.07, 6.45) is 2.86. The number of benzene rings is 1. The number of hydrogen-bond donors (Lipinski definition) is 1. The number of anilines is 1. The Labute approximate surface area is 212 Å². The van der Waals surface area contributed by atoms with Crippen molar-refractivity contribution in [1.82, 2.24) is 9.29 Å². The van der Waals surface area contributed by atoms with E-state index in [1.807, 2.05) is 0 Å². The van der Waals surface area contributed by atoms with Crippen molar-refractivity contribution in [2.45, 2.75) is 35.5 Å². The van der Waals surface area contributed by atoms with E-state index in [2.05, 4.69) is 15.5 Å². The zero-order valence-electron chi connectivity index (χ0n) is 19.3. The summed E-state index contributed by atoms with van der Waals surface area (Å²) < 4.78 is 69.5. The zero-order valence-corrected chi connectivity index (χ0v) is 21.7. The molecule has 2 aromatic rings. The highest BCUT2D eigenvalue weighted by molar-refractivity contribution is 7.91. The smallest absolute Gasteiger partial charge is 0.280 e. The minimum absolute atomic E-state index is 0.00378. The molecule has 2 fully saturated rings. The molecule has 0 unspecified atom stereocenters. The van der Waals surface area contributed by atoms with Crippen LogP contribution in [0.15, 0.2) is 40.5 Å². The highest BCUT2D eigenvalue weighted by Crippen LogP contribution is 2.24. The molecule has 36 heavy (non-hydrogen) atoms. The number of thiazole rings is 1. The lowest BCUT2D eigenvalue weighted by molar-refractivity contribution is -0.110. The van der Waals surface area contributed by atoms with Gasteiger partial charge in [0.25, 0.3) is 5.91 Å². The molecule has 1 aromatic carbocycles. The first-order valence-corrected chi connectivity index (χ1v) is 15.3. The lowest BCUT2D eigenvalue weighted by atomic mass is 10.1. The number of halogens is 1. The minimum Gasteiger partial charge on any atom is -0.389 e. The quantitative estimate of drug-likeness (QED) is 0.379. The number of piperidine rings is 1. The van der Waals surface area contributed by atoms with Gasteiger partial charge in [0.2, 0.25) is 10.0 Å². The summed E-state index contributed by atoms with van der Waals surface area (Å²) >= 11 is 0.647. The maximum Gasteiger partial charge on any atom is 0.280 e. The molecule has 196 valence electrons. The summed E-state index contributed by atoms with van der Waals surface area (Å²) in [5, 5.41) is 5.35. The number of rotatable bonds is 8. The van der Waals surface area contributed by atoms with Gasteiger partial charge in [0.05, 0.1) is 29.6 Å². The number of nitrogens with one attached hydrogen (secondary N) is 1. The van der Waals surface area contributed by atoms with Gasteiger partial charge in [-0.2, -0.15) is 8.70 Å². The number of nitrogens with zero attached hydrogens (tertiary/aromatic N) is 3. The second-order valence-corrected chi connectivity index (χ2v) is 13.7. The lowest BCUT2D eigenvalue weighted by Crippen LogP contribution is -2.42. The normalized spacial score (nSPS) is 20.4. The molecule has 15 heteroatoms. The van der Waals surface area contributed by atoms with Crippen LogP contribution in [0.5, 0.6) is 0 Å². The number of sulfone groups is 1. The molecule has 0 radical (unpaired) electrons. The molecule has 4 rings (SSSR count). The van der Waals surface area contributed by atoms with Gasteiger partial charge in [0.15, 0.2) is 22.1 Å². The fraction of sp³-hybridized carbons (Fsp3) is 0.476. The van der Waals surface area contributed by atoms with E-state index in [9.17, 15) is 26.0 Å². The van der Waals surface area contributed by atoms with Crippen LogP contribution in [0.3, 0.4) is 0 Å². The molecule has 0 aliphatic carbocycles. The van der Waals surface area contributed by atoms with Crippen LogP contribution in [-0.4, -0.2) is 81.7 Å². The van der Waals surface area contributed by atoms with Crippen molar-refractivity contribution < 1.29 is 35.6 Å². The van der Waals surface area contributed by atoms with Crippen LogP contribution in [-0.2, 0) is 34.2 Å². The second-order valence-electron chi connectivity index (χ2n) is 8.41. The van der Waals surface area contributed by atoms with Gasteiger partial charge in [-0.05, 0) is 25.0 Å². The van der Waals surface area contributed by atoms with Crippen LogP contribution in [0, 0.1) is 5.13 Å². The molecule has 1 amide bonds. The number of ether oxygens (including phenoxy) is 1. The Bertz CT molecular complexity index is 1330. The molecule has 1 N–H and O–H groups in total. The number of oxime groups is 1. The van der Waals surface area contributed by atoms with Gasteiger partial charge in [-0.15, -0.1) is 0 Å².